The number of aliphatic hydroxyl groups is 5. The summed E-state index contributed by atoms with van der Waals surface area (Å²) >= 11 is 0. The number of hydroxylamine groups is 2. The standard InChI is InChI=1S/C25H51N2O13P/c1-16(31)26-18-20(33)19(32)17(10-28)38-21(18)39-23(4,5)11-22(2,3)14-37-41(34,35)40-24(6,7)27(9)36-15-25(8,12-29)13-30/h17-21,28-30,32-33H,10-15H2,1-9H3,(H,26,31)(H,34,35). The molecule has 0 aromatic rings. The van der Waals surface area contributed by atoms with Gasteiger partial charge in [0.1, 0.15) is 30.1 Å². The number of nitrogens with one attached hydrogen (secondary N) is 1. The molecule has 1 heterocycles. The SMILES string of the molecule is CC(=O)NC1C(OC(C)(C)CC(C)(C)COP(=O)(O)OC(C)(C)N(C)OCC(C)(CO)CO)OC(CO)C(O)C1O. The van der Waals surface area contributed by atoms with Crippen LogP contribution in [0.3, 0.4) is 0 Å². The molecule has 1 aliphatic heterocycles. The molecule has 0 aliphatic carbocycles. The maximum atomic E-state index is 12.8. The molecular formula is C25H51N2O13P. The monoisotopic (exact) mass is 618 g/mol. The van der Waals surface area contributed by atoms with E-state index in [0.717, 1.165) is 0 Å². The second-order valence-electron chi connectivity index (χ2n) is 12.8. The average molecular weight is 619 g/mol. The van der Waals surface area contributed by atoms with Gasteiger partial charge in [0.2, 0.25) is 5.91 Å². The fraction of sp³-hybridized carbons (Fsp3) is 0.960. The average Bonchev–Trinajstić information content (AvgIpc) is 2.84. The molecule has 1 saturated heterocycles. The number of rotatable bonds is 17. The van der Waals surface area contributed by atoms with E-state index in [-0.39, 0.29) is 32.8 Å². The summed E-state index contributed by atoms with van der Waals surface area (Å²) in [5.74, 6) is -0.485. The Bertz CT molecular complexity index is 884. The highest BCUT2D eigenvalue weighted by atomic mass is 31.2. The minimum absolute atomic E-state index is 0.0788. The molecule has 1 rings (SSSR count). The first-order valence-corrected chi connectivity index (χ1v) is 14.9. The van der Waals surface area contributed by atoms with Crippen LogP contribution >= 0.6 is 7.82 Å². The van der Waals surface area contributed by atoms with Crippen molar-refractivity contribution in [1.29, 1.82) is 0 Å². The van der Waals surface area contributed by atoms with Crippen LogP contribution in [0.1, 0.15) is 61.8 Å². The predicted octanol–water partition coefficient (Wildman–Crippen LogP) is -0.134. The summed E-state index contributed by atoms with van der Waals surface area (Å²) in [6.45, 7) is 11.2. The van der Waals surface area contributed by atoms with Gasteiger partial charge in [-0.1, -0.05) is 20.8 Å². The Hall–Kier alpha value is -0.780. The van der Waals surface area contributed by atoms with E-state index in [1.165, 1.54) is 32.9 Å². The molecule has 6 atom stereocenters. The van der Waals surface area contributed by atoms with Gasteiger partial charge in [-0.3, -0.25) is 18.7 Å². The highest BCUT2D eigenvalue weighted by molar-refractivity contribution is 7.47. The van der Waals surface area contributed by atoms with Crippen molar-refractivity contribution in [3.63, 3.8) is 0 Å². The number of phosphoric acid groups is 1. The molecule has 0 radical (unpaired) electrons. The molecule has 0 saturated carbocycles. The normalized spacial score (nSPS) is 26.2. The minimum atomic E-state index is -4.62. The molecule has 15 nitrogen and oxygen atoms in total. The molecule has 1 aliphatic rings. The largest absolute Gasteiger partial charge is 0.474 e. The van der Waals surface area contributed by atoms with Crippen molar-refractivity contribution in [2.45, 2.75) is 104 Å². The Balaban J connectivity index is 2.85. The van der Waals surface area contributed by atoms with Gasteiger partial charge >= 0.3 is 7.82 Å². The maximum Gasteiger partial charge on any atom is 0.474 e. The zero-order valence-electron chi connectivity index (χ0n) is 25.6. The second kappa shape index (κ2) is 14.8. The number of nitrogens with zero attached hydrogens (tertiary/aromatic N) is 1. The van der Waals surface area contributed by atoms with Crippen molar-refractivity contribution in [2.75, 3.05) is 40.1 Å². The van der Waals surface area contributed by atoms with Gasteiger partial charge in [-0.05, 0) is 39.5 Å². The molecule has 1 amide bonds. The third-order valence-corrected chi connectivity index (χ3v) is 7.81. The summed E-state index contributed by atoms with van der Waals surface area (Å²) in [5, 5.41) is 52.9. The Morgan fingerprint density at radius 1 is 1.00 bits per heavy atom. The Labute approximate surface area is 242 Å². The third-order valence-electron chi connectivity index (χ3n) is 6.68. The smallest absolute Gasteiger partial charge is 0.396 e. The molecule has 0 bridgehead atoms. The van der Waals surface area contributed by atoms with E-state index < -0.39 is 73.1 Å². The first-order valence-electron chi connectivity index (χ1n) is 13.4. The first-order chi connectivity index (χ1) is 18.5. The van der Waals surface area contributed by atoms with E-state index in [1.807, 2.05) is 0 Å². The molecule has 1 fully saturated rings. The molecule has 0 aromatic heterocycles. The van der Waals surface area contributed by atoms with E-state index in [9.17, 15) is 39.8 Å². The van der Waals surface area contributed by atoms with Crippen LogP contribution in [0.15, 0.2) is 0 Å². The number of amides is 1. The highest BCUT2D eigenvalue weighted by Gasteiger charge is 2.48. The lowest BCUT2D eigenvalue weighted by Crippen LogP contribution is -2.65. The molecule has 244 valence electrons. The van der Waals surface area contributed by atoms with Crippen molar-refractivity contribution in [3.05, 3.63) is 0 Å². The van der Waals surface area contributed by atoms with Gasteiger partial charge in [-0.15, -0.1) is 0 Å². The van der Waals surface area contributed by atoms with Crippen molar-refractivity contribution >= 4 is 13.7 Å². The van der Waals surface area contributed by atoms with Crippen LogP contribution in [-0.2, 0) is 32.7 Å². The lowest BCUT2D eigenvalue weighted by molar-refractivity contribution is -0.298. The van der Waals surface area contributed by atoms with Crippen molar-refractivity contribution in [1.82, 2.24) is 10.4 Å². The summed E-state index contributed by atoms with van der Waals surface area (Å²) in [6.07, 6.45) is -5.04. The van der Waals surface area contributed by atoms with Gasteiger partial charge in [0, 0.05) is 19.4 Å². The number of ether oxygens (including phenoxy) is 2. The Morgan fingerprint density at radius 3 is 2.05 bits per heavy atom. The van der Waals surface area contributed by atoms with Crippen LogP contribution in [0.25, 0.3) is 0 Å². The quantitative estimate of drug-likeness (QED) is 0.0642. The maximum absolute atomic E-state index is 12.8. The van der Waals surface area contributed by atoms with E-state index >= 15 is 0 Å². The second-order valence-corrected chi connectivity index (χ2v) is 14.2. The van der Waals surface area contributed by atoms with Gasteiger partial charge in [0.15, 0.2) is 6.29 Å². The summed E-state index contributed by atoms with van der Waals surface area (Å²) < 4.78 is 35.3. The summed E-state index contributed by atoms with van der Waals surface area (Å²) in [5.41, 5.74) is -4.14. The Kier molecular flexibility index (Phi) is 13.8. The first kappa shape index (κ1) is 38.2. The molecule has 7 N–H and O–H groups in total. The third kappa shape index (κ3) is 12.0. The summed E-state index contributed by atoms with van der Waals surface area (Å²) in [4.78, 5) is 27.7. The highest BCUT2D eigenvalue weighted by Crippen LogP contribution is 2.49. The van der Waals surface area contributed by atoms with E-state index in [4.69, 9.17) is 23.4 Å². The zero-order valence-corrected chi connectivity index (χ0v) is 26.5. The van der Waals surface area contributed by atoms with Crippen molar-refractivity contribution < 1.29 is 63.1 Å². The number of phosphoric ester groups is 1. The molecule has 0 aromatic carbocycles. The lowest BCUT2D eigenvalue weighted by Gasteiger charge is -2.46. The summed E-state index contributed by atoms with van der Waals surface area (Å²) in [6, 6.07) is -1.12. The molecule has 41 heavy (non-hydrogen) atoms. The number of hydrogen-bond acceptors (Lipinski definition) is 13. The number of aliphatic hydroxyl groups excluding tert-OH is 5. The number of hydrogen-bond donors (Lipinski definition) is 7. The van der Waals surface area contributed by atoms with Crippen LogP contribution in [0.4, 0.5) is 0 Å². The molecule has 0 spiro atoms. The van der Waals surface area contributed by atoms with Gasteiger partial charge < -0.3 is 45.2 Å². The molecule has 16 heteroatoms. The van der Waals surface area contributed by atoms with E-state index in [0.29, 0.717) is 0 Å². The molecule has 6 unspecified atom stereocenters. The van der Waals surface area contributed by atoms with Crippen LogP contribution in [0, 0.1) is 10.8 Å². The lowest BCUT2D eigenvalue weighted by atomic mass is 9.82. The van der Waals surface area contributed by atoms with Crippen LogP contribution in [0.5, 0.6) is 0 Å². The fourth-order valence-corrected chi connectivity index (χ4v) is 5.55. The fourth-order valence-electron chi connectivity index (χ4n) is 4.30. The van der Waals surface area contributed by atoms with Gasteiger partial charge in [-0.2, -0.15) is 5.06 Å². The van der Waals surface area contributed by atoms with E-state index in [2.05, 4.69) is 5.32 Å². The van der Waals surface area contributed by atoms with Crippen LogP contribution in [-0.4, -0.2) is 123 Å². The van der Waals surface area contributed by atoms with Gasteiger partial charge in [-0.25, -0.2) is 4.57 Å². The summed E-state index contributed by atoms with van der Waals surface area (Å²) in [7, 11) is -3.15. The predicted molar refractivity (Wildman–Crippen MR) is 146 cm³/mol. The number of carbonyl (C=O) groups is 1. The van der Waals surface area contributed by atoms with Crippen molar-refractivity contribution in [2.24, 2.45) is 10.8 Å². The topological polar surface area (TPSA) is 217 Å². The minimum Gasteiger partial charge on any atom is -0.396 e. The van der Waals surface area contributed by atoms with Gasteiger partial charge in [0.05, 0.1) is 38.6 Å². The number of carbonyl (C=O) groups excluding carboxylic acids is 1. The Morgan fingerprint density at radius 2 is 1.56 bits per heavy atom. The van der Waals surface area contributed by atoms with E-state index in [1.54, 1.807) is 34.6 Å². The molecular weight excluding hydrogens is 567 g/mol. The zero-order chi connectivity index (χ0) is 32.0. The van der Waals surface area contributed by atoms with Gasteiger partial charge in [0.25, 0.3) is 0 Å². The van der Waals surface area contributed by atoms with Crippen molar-refractivity contribution in [3.8, 4) is 0 Å². The van der Waals surface area contributed by atoms with Crippen LogP contribution < -0.4 is 5.32 Å². The van der Waals surface area contributed by atoms with Crippen LogP contribution in [0.2, 0.25) is 0 Å².